The number of carbonyl (C=O) groups is 4. The molecule has 2 heterocycles. The predicted molar refractivity (Wildman–Crippen MR) is 171 cm³/mol. The van der Waals surface area contributed by atoms with E-state index < -0.39 is 44.5 Å². The third kappa shape index (κ3) is 8.39. The average molecular weight is 695 g/mol. The van der Waals surface area contributed by atoms with E-state index in [4.69, 9.17) is 29.5 Å². The Labute approximate surface area is 278 Å². The number of nitrogens with two attached hydrogens (primary N) is 1. The van der Waals surface area contributed by atoms with Crippen molar-refractivity contribution in [3.05, 3.63) is 94.5 Å². The van der Waals surface area contributed by atoms with E-state index in [1.165, 1.54) is 30.7 Å². The Morgan fingerprint density at radius 2 is 1.78 bits per heavy atom. The number of nitrogens with one attached hydrogen (secondary N) is 1. The third-order valence-corrected chi connectivity index (χ3v) is 7.76. The molecule has 17 nitrogen and oxygen atoms in total. The van der Waals surface area contributed by atoms with E-state index in [-0.39, 0.29) is 28.5 Å². The number of imide groups is 1. The van der Waals surface area contributed by atoms with Gasteiger partial charge in [0.05, 0.1) is 22.5 Å². The van der Waals surface area contributed by atoms with Crippen LogP contribution < -0.4 is 15.6 Å². The van der Waals surface area contributed by atoms with E-state index in [1.807, 2.05) is 0 Å². The fourth-order valence-corrected chi connectivity index (χ4v) is 5.19. The molecule has 1 saturated carbocycles. The first kappa shape index (κ1) is 34.6. The number of aliphatic imine (C=N–C) groups is 1. The minimum absolute atomic E-state index is 0.00679. The Hall–Kier alpha value is -5.77. The van der Waals surface area contributed by atoms with Crippen LogP contribution in [0.15, 0.2) is 70.5 Å². The van der Waals surface area contributed by atoms with Crippen molar-refractivity contribution in [1.82, 2.24) is 14.6 Å². The Bertz CT molecular complexity index is 1980. The lowest BCUT2D eigenvalue weighted by Gasteiger charge is -2.20. The Morgan fingerprint density at radius 1 is 1.08 bits per heavy atom. The lowest BCUT2D eigenvalue weighted by atomic mass is 10.1. The molecule has 1 aliphatic rings. The SMILES string of the molecule is Cc1ccc(C(=O)Nc2ccon2)cc1N=C(N)c1c(C)c(C(=O)N(C(=O)OCOC(=O)c2ccc(OP(=O)(O)O)cc2)C2CC2)cn1C. The van der Waals surface area contributed by atoms with Gasteiger partial charge in [0.15, 0.2) is 5.82 Å². The molecular weight excluding hydrogens is 663 g/mol. The summed E-state index contributed by atoms with van der Waals surface area (Å²) < 4.78 is 31.8. The number of amides is 3. The third-order valence-electron chi connectivity index (χ3n) is 7.31. The van der Waals surface area contributed by atoms with E-state index in [0.717, 1.165) is 22.6 Å². The van der Waals surface area contributed by atoms with E-state index in [9.17, 15) is 23.7 Å². The van der Waals surface area contributed by atoms with Crippen molar-refractivity contribution in [2.45, 2.75) is 32.7 Å². The van der Waals surface area contributed by atoms with Crippen LogP contribution in [0.1, 0.15) is 60.7 Å². The van der Waals surface area contributed by atoms with Gasteiger partial charge in [0.25, 0.3) is 11.8 Å². The fraction of sp³-hybridized carbons (Fsp3) is 0.226. The van der Waals surface area contributed by atoms with Crippen molar-refractivity contribution >= 4 is 49.0 Å². The minimum atomic E-state index is -4.77. The second kappa shape index (κ2) is 14.1. The largest absolute Gasteiger partial charge is 0.524 e. The summed E-state index contributed by atoms with van der Waals surface area (Å²) in [6.45, 7) is 2.66. The number of phosphoric ester groups is 1. The summed E-state index contributed by atoms with van der Waals surface area (Å²) in [5.74, 6) is -1.83. The van der Waals surface area contributed by atoms with Gasteiger partial charge in [-0.1, -0.05) is 11.2 Å². The van der Waals surface area contributed by atoms with Crippen molar-refractivity contribution in [1.29, 1.82) is 0 Å². The first-order valence-electron chi connectivity index (χ1n) is 14.6. The van der Waals surface area contributed by atoms with Gasteiger partial charge in [-0.2, -0.15) is 0 Å². The van der Waals surface area contributed by atoms with Gasteiger partial charge in [-0.3, -0.25) is 19.4 Å². The molecule has 1 aliphatic carbocycles. The summed E-state index contributed by atoms with van der Waals surface area (Å²) >= 11 is 0. The van der Waals surface area contributed by atoms with Crippen molar-refractivity contribution in [3.8, 4) is 5.75 Å². The van der Waals surface area contributed by atoms with Crippen LogP contribution in [0.2, 0.25) is 0 Å². The van der Waals surface area contributed by atoms with Gasteiger partial charge in [0, 0.05) is 30.9 Å². The molecule has 2 aromatic heterocycles. The Morgan fingerprint density at radius 3 is 2.41 bits per heavy atom. The van der Waals surface area contributed by atoms with Crippen LogP contribution in [0.5, 0.6) is 5.75 Å². The second-order valence-corrected chi connectivity index (χ2v) is 12.1. The van der Waals surface area contributed by atoms with Gasteiger partial charge in [-0.15, -0.1) is 0 Å². The first-order valence-corrected chi connectivity index (χ1v) is 16.1. The Balaban J connectivity index is 1.26. The summed E-state index contributed by atoms with van der Waals surface area (Å²) in [7, 11) is -3.11. The molecule has 0 saturated heterocycles. The highest BCUT2D eigenvalue weighted by Gasteiger charge is 2.40. The van der Waals surface area contributed by atoms with Crippen molar-refractivity contribution in [3.63, 3.8) is 0 Å². The number of amidine groups is 1. The van der Waals surface area contributed by atoms with Crippen LogP contribution >= 0.6 is 7.82 Å². The van der Waals surface area contributed by atoms with Gasteiger partial charge >= 0.3 is 19.9 Å². The van der Waals surface area contributed by atoms with Crippen LogP contribution in [-0.4, -0.2) is 67.0 Å². The van der Waals surface area contributed by atoms with Gasteiger partial charge in [0.1, 0.15) is 17.8 Å². The molecule has 1 fully saturated rings. The number of anilines is 1. The number of carbonyl (C=O) groups excluding carboxylic acids is 4. The number of benzene rings is 2. The van der Waals surface area contributed by atoms with Gasteiger partial charge in [-0.25, -0.2) is 24.0 Å². The number of rotatable bonds is 11. The highest BCUT2D eigenvalue weighted by atomic mass is 31.2. The van der Waals surface area contributed by atoms with Crippen LogP contribution in [0.25, 0.3) is 0 Å². The summed E-state index contributed by atoms with van der Waals surface area (Å²) in [4.78, 5) is 75.1. The molecule has 0 unspecified atom stereocenters. The molecule has 0 aliphatic heterocycles. The summed E-state index contributed by atoms with van der Waals surface area (Å²) in [6.07, 6.45) is 2.95. The maximum Gasteiger partial charge on any atom is 0.524 e. The number of phosphoric acid groups is 1. The first-order chi connectivity index (χ1) is 23.2. The van der Waals surface area contributed by atoms with Crippen LogP contribution in [0.4, 0.5) is 16.3 Å². The van der Waals surface area contributed by atoms with E-state index in [2.05, 4.69) is 20.0 Å². The van der Waals surface area contributed by atoms with Crippen molar-refractivity contribution in [2.75, 3.05) is 12.1 Å². The molecule has 4 aromatic rings. The molecule has 0 atom stereocenters. The lowest BCUT2D eigenvalue weighted by Crippen LogP contribution is -2.39. The molecule has 49 heavy (non-hydrogen) atoms. The molecule has 0 spiro atoms. The van der Waals surface area contributed by atoms with Gasteiger partial charge in [-0.05, 0) is 74.2 Å². The van der Waals surface area contributed by atoms with Crippen molar-refractivity contribution in [2.24, 2.45) is 17.8 Å². The van der Waals surface area contributed by atoms with Gasteiger partial charge < -0.3 is 34.1 Å². The zero-order chi connectivity index (χ0) is 35.5. The van der Waals surface area contributed by atoms with E-state index in [0.29, 0.717) is 35.3 Å². The molecule has 5 N–H and O–H groups in total. The van der Waals surface area contributed by atoms with Gasteiger partial charge in [0.2, 0.25) is 6.79 Å². The van der Waals surface area contributed by atoms with E-state index >= 15 is 0 Å². The zero-order valence-electron chi connectivity index (χ0n) is 26.4. The number of hydrogen-bond donors (Lipinski definition) is 4. The normalized spacial score (nSPS) is 13.0. The lowest BCUT2D eigenvalue weighted by molar-refractivity contribution is -0.0110. The number of aromatic nitrogens is 2. The maximum absolute atomic E-state index is 13.7. The number of esters is 1. The number of ether oxygens (including phenoxy) is 2. The fourth-order valence-electron chi connectivity index (χ4n) is 4.79. The van der Waals surface area contributed by atoms with Crippen LogP contribution in [0, 0.1) is 13.8 Å². The van der Waals surface area contributed by atoms with Crippen LogP contribution in [-0.2, 0) is 21.1 Å². The monoisotopic (exact) mass is 694 g/mol. The molecule has 3 amide bonds. The van der Waals surface area contributed by atoms with Crippen molar-refractivity contribution < 1.29 is 52.1 Å². The average Bonchev–Trinajstić information content (AvgIpc) is 3.63. The topological polar surface area (TPSA) is 238 Å². The van der Waals surface area contributed by atoms with Crippen LogP contribution in [0.3, 0.4) is 0 Å². The highest BCUT2D eigenvalue weighted by Crippen LogP contribution is 2.37. The summed E-state index contributed by atoms with van der Waals surface area (Å²) in [5, 5.41) is 6.28. The zero-order valence-corrected chi connectivity index (χ0v) is 27.2. The number of aryl methyl sites for hydroxylation is 2. The predicted octanol–water partition coefficient (Wildman–Crippen LogP) is 3.95. The molecule has 0 bridgehead atoms. The number of nitrogens with zero attached hydrogens (tertiary/aromatic N) is 4. The summed E-state index contributed by atoms with van der Waals surface area (Å²) in [5.41, 5.74) is 8.91. The maximum atomic E-state index is 13.7. The molecule has 2 aromatic carbocycles. The smallest absolute Gasteiger partial charge is 0.424 e. The second-order valence-electron chi connectivity index (χ2n) is 10.9. The molecule has 0 radical (unpaired) electrons. The van der Waals surface area contributed by atoms with E-state index in [1.54, 1.807) is 43.7 Å². The standard InChI is InChI=1S/C31H31N6O11P/c1-17-4-5-20(28(38)34-25-12-13-47-35-25)14-24(17)33-27(32)26-18(2)23(15-36(26)3)29(39)37(21-8-9-21)31(41)46-16-45-30(40)19-6-10-22(11-7-19)48-49(42,43)44/h4-7,10-15,21H,8-9,16H2,1-3H3,(H2,32,33)(H,34,35,38)(H2,42,43,44). The highest BCUT2D eigenvalue weighted by molar-refractivity contribution is 7.46. The molecular formula is C31H31N6O11P. The quantitative estimate of drug-likeness (QED) is 0.0573. The minimum Gasteiger partial charge on any atom is -0.424 e. The number of hydrogen-bond acceptors (Lipinski definition) is 11. The molecule has 18 heteroatoms. The molecule has 5 rings (SSSR count). The molecule has 256 valence electrons. The summed E-state index contributed by atoms with van der Waals surface area (Å²) in [6, 6.07) is 10.7. The Kier molecular flexibility index (Phi) is 9.98.